The van der Waals surface area contributed by atoms with E-state index in [0.29, 0.717) is 82.3 Å². The Kier molecular flexibility index (Phi) is 17.1. The molecule has 0 spiro atoms. The van der Waals surface area contributed by atoms with E-state index in [1.54, 1.807) is 47.3 Å². The van der Waals surface area contributed by atoms with Crippen molar-refractivity contribution >= 4 is 101 Å². The van der Waals surface area contributed by atoms with Gasteiger partial charge < -0.3 is 22.6 Å². The lowest BCUT2D eigenvalue weighted by atomic mass is 9.92. The Morgan fingerprint density at radius 1 is 0.689 bits per heavy atom. The number of nitrogens with one attached hydrogen (secondary N) is 1. The summed E-state index contributed by atoms with van der Waals surface area (Å²) in [6.07, 6.45) is 1.44. The Labute approximate surface area is 374 Å². The number of benzene rings is 4. The van der Waals surface area contributed by atoms with Crippen LogP contribution in [-0.2, 0) is 54.5 Å². The van der Waals surface area contributed by atoms with Crippen LogP contribution in [0, 0.1) is 10.8 Å². The average Bonchev–Trinajstić information content (AvgIpc) is 3.16. The second-order valence-electron chi connectivity index (χ2n) is 16.9. The number of nitrogens with zero attached hydrogens (tertiary/aromatic N) is 2. The first-order valence-electron chi connectivity index (χ1n) is 19.5. The summed E-state index contributed by atoms with van der Waals surface area (Å²) < 4.78 is 147. The Balaban J connectivity index is 1.70. The molecule has 0 fully saturated rings. The number of ether oxygens (including phenoxy) is 3. The van der Waals surface area contributed by atoms with Gasteiger partial charge in [0.15, 0.2) is 23.0 Å². The molecule has 0 aliphatic heterocycles. The van der Waals surface area contributed by atoms with Gasteiger partial charge in [0.1, 0.15) is 5.75 Å². The number of sulfonamides is 2. The summed E-state index contributed by atoms with van der Waals surface area (Å²) in [6, 6.07) is 9.10. The molecule has 17 nitrogen and oxygen atoms in total. The van der Waals surface area contributed by atoms with Gasteiger partial charge in [0.05, 0.1) is 47.7 Å². The van der Waals surface area contributed by atoms with E-state index in [1.807, 2.05) is 13.8 Å². The lowest BCUT2D eigenvalue weighted by Crippen LogP contribution is -2.33. The van der Waals surface area contributed by atoms with Crippen LogP contribution >= 0.6 is 23.0 Å². The summed E-state index contributed by atoms with van der Waals surface area (Å²) in [4.78, 5) is -0.948. The van der Waals surface area contributed by atoms with E-state index >= 15 is 0 Å². The number of anilines is 1. The summed E-state index contributed by atoms with van der Waals surface area (Å²) in [5.41, 5.74) is 0.328. The molecule has 61 heavy (non-hydrogen) atoms. The standard InChI is InChI=1S/C39H58IN3O14S4/c1-9-54-23-38(3,4)25-56-26-39(5,6)24-55-18-10-11-27(2)41-32-21-33(57-40)29-13-15-31-35(61(52,53)43(8)17-20-59(47,48)49)22-34(30-14-12-28(32)36(29)37(30)31)60(50,51)42(7)16-19-58(44,45)46/h12-15,21-22,27,41H,9-11,16-20,23-26H2,1-8H3,(H,44,45,46)(H,47,48,49). The Bertz CT molecular complexity index is 2510. The molecule has 0 amide bonds. The van der Waals surface area contributed by atoms with Crippen LogP contribution in [0.2, 0.25) is 0 Å². The van der Waals surface area contributed by atoms with Gasteiger partial charge >= 0.3 is 0 Å². The largest absolute Gasteiger partial charge is 0.427 e. The fourth-order valence-electron chi connectivity index (χ4n) is 6.81. The molecule has 0 bridgehead atoms. The molecule has 3 N–H and O–H groups in total. The summed E-state index contributed by atoms with van der Waals surface area (Å²) >= 11 is 1.74. The number of hydrogen-bond acceptors (Lipinski definition) is 13. The first-order valence-corrected chi connectivity index (χ1v) is 26.5. The van der Waals surface area contributed by atoms with E-state index in [4.69, 9.17) is 17.3 Å². The first-order chi connectivity index (χ1) is 28.1. The van der Waals surface area contributed by atoms with E-state index in [2.05, 4.69) is 33.0 Å². The van der Waals surface area contributed by atoms with Gasteiger partial charge in [-0.05, 0) is 38.8 Å². The van der Waals surface area contributed by atoms with Crippen molar-refractivity contribution in [3.63, 3.8) is 0 Å². The van der Waals surface area contributed by atoms with E-state index in [1.165, 1.54) is 6.07 Å². The van der Waals surface area contributed by atoms with Gasteiger partial charge in [-0.2, -0.15) is 25.4 Å². The van der Waals surface area contributed by atoms with Crippen molar-refractivity contribution in [2.24, 2.45) is 10.8 Å². The third-order valence-electron chi connectivity index (χ3n) is 10.1. The molecule has 0 aliphatic carbocycles. The van der Waals surface area contributed by atoms with Gasteiger partial charge in [0.25, 0.3) is 20.2 Å². The van der Waals surface area contributed by atoms with Crippen LogP contribution in [-0.4, -0.2) is 136 Å². The highest BCUT2D eigenvalue weighted by atomic mass is 127. The van der Waals surface area contributed by atoms with Crippen molar-refractivity contribution in [2.75, 3.05) is 83.6 Å². The number of hydrogen-bond donors (Lipinski definition) is 3. The number of halogens is 1. The monoisotopic (exact) mass is 1050 g/mol. The molecule has 0 saturated carbocycles. The average molecular weight is 1050 g/mol. The fraction of sp³-hybridized carbons (Fsp3) is 0.590. The normalized spacial score (nSPS) is 14.2. The second kappa shape index (κ2) is 20.3. The van der Waals surface area contributed by atoms with Gasteiger partial charge in [-0.1, -0.05) is 45.9 Å². The molecule has 1 unspecified atom stereocenters. The van der Waals surface area contributed by atoms with Crippen LogP contribution in [0.1, 0.15) is 54.4 Å². The minimum Gasteiger partial charge on any atom is -0.427 e. The fourth-order valence-corrected chi connectivity index (χ4v) is 11.3. The van der Waals surface area contributed by atoms with Gasteiger partial charge in [-0.15, -0.1) is 0 Å². The summed E-state index contributed by atoms with van der Waals surface area (Å²) in [5, 5.41) is 5.66. The van der Waals surface area contributed by atoms with E-state index in [-0.39, 0.29) is 33.0 Å². The van der Waals surface area contributed by atoms with Crippen molar-refractivity contribution in [1.82, 2.24) is 8.61 Å². The van der Waals surface area contributed by atoms with Gasteiger partial charge in [-0.25, -0.2) is 16.8 Å². The molecule has 0 saturated heterocycles. The third-order valence-corrected chi connectivity index (χ3v) is 15.7. The Hall–Kier alpha value is -2.23. The summed E-state index contributed by atoms with van der Waals surface area (Å²) in [6.45, 7) is 14.5. The van der Waals surface area contributed by atoms with Crippen LogP contribution in [0.5, 0.6) is 5.75 Å². The second-order valence-corrected chi connectivity index (χ2v) is 24.5. The molecular weight excluding hydrogens is 990 g/mol. The maximum atomic E-state index is 14.2. The van der Waals surface area contributed by atoms with Gasteiger partial charge in [0, 0.05) is 101 Å². The minimum atomic E-state index is -4.65. The quantitative estimate of drug-likeness (QED) is 0.0282. The highest BCUT2D eigenvalue weighted by molar-refractivity contribution is 14.1. The zero-order valence-electron chi connectivity index (χ0n) is 35.7. The zero-order chi connectivity index (χ0) is 45.8. The van der Waals surface area contributed by atoms with E-state index in [9.17, 15) is 42.8 Å². The highest BCUT2D eigenvalue weighted by Crippen LogP contribution is 2.46. The zero-order valence-corrected chi connectivity index (χ0v) is 41.1. The van der Waals surface area contributed by atoms with Crippen molar-refractivity contribution in [3.8, 4) is 5.75 Å². The molecule has 344 valence electrons. The summed E-state index contributed by atoms with van der Waals surface area (Å²) in [7, 11) is -16.2. The number of rotatable bonds is 26. The van der Waals surface area contributed by atoms with Gasteiger partial charge in [0.2, 0.25) is 20.0 Å². The predicted octanol–water partition coefficient (Wildman–Crippen LogP) is 6.03. The molecule has 4 aromatic carbocycles. The maximum absolute atomic E-state index is 14.2. The van der Waals surface area contributed by atoms with Crippen molar-refractivity contribution < 1.29 is 60.1 Å². The minimum absolute atomic E-state index is 0.0900. The molecule has 0 radical (unpaired) electrons. The molecule has 4 aromatic rings. The highest BCUT2D eigenvalue weighted by Gasteiger charge is 2.33. The van der Waals surface area contributed by atoms with Crippen LogP contribution < -0.4 is 8.38 Å². The van der Waals surface area contributed by atoms with Crippen LogP contribution in [0.25, 0.3) is 32.3 Å². The Morgan fingerprint density at radius 3 is 1.61 bits per heavy atom. The topological polar surface area (TPSA) is 232 Å². The SMILES string of the molecule is CCOCC(C)(C)COCC(C)(C)COCCCC(C)Nc1cc(OI)c2ccc3c(S(=O)(=O)N(C)CCS(=O)(=O)O)cc(S(=O)(=O)N(C)CCS(=O)(=O)O)c4ccc1c2c43. The van der Waals surface area contributed by atoms with Crippen LogP contribution in [0.15, 0.2) is 46.2 Å². The molecule has 1 atom stereocenters. The smallest absolute Gasteiger partial charge is 0.266 e. The molecule has 22 heteroatoms. The van der Waals surface area contributed by atoms with Crippen molar-refractivity contribution in [1.29, 1.82) is 0 Å². The third kappa shape index (κ3) is 13.4. The van der Waals surface area contributed by atoms with E-state index < -0.39 is 74.7 Å². The van der Waals surface area contributed by atoms with Gasteiger partial charge in [-0.3, -0.25) is 9.11 Å². The lowest BCUT2D eigenvalue weighted by Gasteiger charge is -2.29. The molecule has 0 aliphatic rings. The molecule has 0 aromatic heterocycles. The molecule has 4 rings (SSSR count). The first kappa shape index (κ1) is 51.4. The molecule has 0 heterocycles. The maximum Gasteiger partial charge on any atom is 0.266 e. The predicted molar refractivity (Wildman–Crippen MR) is 245 cm³/mol. The van der Waals surface area contributed by atoms with Crippen LogP contribution in [0.3, 0.4) is 0 Å². The van der Waals surface area contributed by atoms with Crippen molar-refractivity contribution in [3.05, 3.63) is 36.4 Å². The van der Waals surface area contributed by atoms with Crippen LogP contribution in [0.4, 0.5) is 5.69 Å². The molecular formula is C39H58IN3O14S4. The summed E-state index contributed by atoms with van der Waals surface area (Å²) in [5.74, 6) is -1.44. The van der Waals surface area contributed by atoms with Crippen molar-refractivity contribution in [2.45, 2.75) is 70.2 Å². The van der Waals surface area contributed by atoms with E-state index in [0.717, 1.165) is 26.6 Å². The Morgan fingerprint density at radius 2 is 1.13 bits per heavy atom. The lowest BCUT2D eigenvalue weighted by molar-refractivity contribution is -0.0447.